The number of benzene rings is 4. The highest BCUT2D eigenvalue weighted by Gasteiger charge is 2.14. The van der Waals surface area contributed by atoms with Gasteiger partial charge in [0.2, 0.25) is 23.8 Å². The Balaban J connectivity index is 1.20. The van der Waals surface area contributed by atoms with E-state index in [1.165, 1.54) is 0 Å². The monoisotopic (exact) mass is 690 g/mol. The maximum Gasteiger partial charge on any atom is 0.328 e. The van der Waals surface area contributed by atoms with Crippen molar-refractivity contribution in [3.63, 3.8) is 0 Å². The first-order valence-electron chi connectivity index (χ1n) is 16.3. The summed E-state index contributed by atoms with van der Waals surface area (Å²) in [6.07, 6.45) is 0. The number of nitrogens with one attached hydrogen (secondary N) is 4. The molecule has 0 fully saturated rings. The van der Waals surface area contributed by atoms with Gasteiger partial charge in [0.05, 0.1) is 23.3 Å². The lowest BCUT2D eigenvalue weighted by Gasteiger charge is -2.14. The van der Waals surface area contributed by atoms with Crippen LogP contribution in [-0.2, 0) is 0 Å². The number of nitriles is 2. The minimum Gasteiger partial charge on any atom is -0.424 e. The minimum atomic E-state index is 0.100. The molecule has 0 aliphatic heterocycles. The van der Waals surface area contributed by atoms with Gasteiger partial charge in [0.25, 0.3) is 0 Å². The second-order valence-corrected chi connectivity index (χ2v) is 11.7. The van der Waals surface area contributed by atoms with Gasteiger partial charge in [0.1, 0.15) is 11.5 Å². The van der Waals surface area contributed by atoms with Crippen LogP contribution in [0.1, 0.15) is 33.4 Å². The molecule has 0 atom stereocenters. The Morgan fingerprint density at radius 3 is 1.17 bits per heavy atom. The molecule has 0 amide bonds. The van der Waals surface area contributed by atoms with Crippen molar-refractivity contribution < 1.29 is 9.47 Å². The molecule has 258 valence electrons. The van der Waals surface area contributed by atoms with E-state index >= 15 is 0 Å². The molecule has 14 heteroatoms. The van der Waals surface area contributed by atoms with Crippen molar-refractivity contribution in [2.75, 3.05) is 34.4 Å². The highest BCUT2D eigenvalue weighted by atomic mass is 16.5. The second kappa shape index (κ2) is 15.9. The quantitative estimate of drug-likeness (QED) is 0.0865. The van der Waals surface area contributed by atoms with E-state index in [0.717, 1.165) is 22.3 Å². The largest absolute Gasteiger partial charge is 0.424 e. The molecule has 0 saturated heterocycles. The van der Waals surface area contributed by atoms with Crippen LogP contribution in [0, 0.1) is 50.4 Å². The van der Waals surface area contributed by atoms with E-state index in [4.69, 9.17) is 9.47 Å². The van der Waals surface area contributed by atoms with E-state index < -0.39 is 0 Å². The van der Waals surface area contributed by atoms with E-state index in [-0.39, 0.29) is 35.8 Å². The highest BCUT2D eigenvalue weighted by molar-refractivity contribution is 5.57. The molecule has 6 aromatic rings. The Hall–Kier alpha value is -7.32. The number of anilines is 6. The summed E-state index contributed by atoms with van der Waals surface area (Å²) in [6, 6.07) is 30.0. The lowest BCUT2D eigenvalue weighted by molar-refractivity contribution is 0.434. The lowest BCUT2D eigenvalue weighted by Crippen LogP contribution is -2.18. The summed E-state index contributed by atoms with van der Waals surface area (Å²) in [4.78, 5) is 27.1. The SMILES string of the molecule is Cc1cccc(C)c1Oc1nc(NCCNc2nc(Nc3ccc(C#N)cc3)nc(Oc3c(C)cccc3C)n2)nc(Nc2ccc(C#N)cc2)n1. The number of nitrogens with zero attached hydrogens (tertiary/aromatic N) is 8. The minimum absolute atomic E-state index is 0.100. The highest BCUT2D eigenvalue weighted by Crippen LogP contribution is 2.29. The lowest BCUT2D eigenvalue weighted by atomic mass is 10.1. The van der Waals surface area contributed by atoms with Crippen LogP contribution in [0.25, 0.3) is 0 Å². The van der Waals surface area contributed by atoms with Crippen LogP contribution in [0.2, 0.25) is 0 Å². The molecule has 2 heterocycles. The first-order valence-corrected chi connectivity index (χ1v) is 16.3. The van der Waals surface area contributed by atoms with Gasteiger partial charge in [-0.15, -0.1) is 0 Å². The summed E-state index contributed by atoms with van der Waals surface area (Å²) < 4.78 is 12.3. The number of aryl methyl sites for hydroxylation is 4. The molecule has 0 saturated carbocycles. The van der Waals surface area contributed by atoms with Crippen LogP contribution < -0.4 is 30.7 Å². The van der Waals surface area contributed by atoms with Gasteiger partial charge >= 0.3 is 12.0 Å². The third-order valence-electron chi connectivity index (χ3n) is 7.67. The molecular formula is C38H34N12O2. The van der Waals surface area contributed by atoms with Crippen LogP contribution in [-0.4, -0.2) is 43.0 Å². The van der Waals surface area contributed by atoms with Gasteiger partial charge in [-0.25, -0.2) is 0 Å². The zero-order valence-corrected chi connectivity index (χ0v) is 28.9. The van der Waals surface area contributed by atoms with Gasteiger partial charge in [0, 0.05) is 24.5 Å². The fourth-order valence-electron chi connectivity index (χ4n) is 5.04. The van der Waals surface area contributed by atoms with Crippen molar-refractivity contribution in [3.8, 4) is 35.7 Å². The van der Waals surface area contributed by atoms with Gasteiger partial charge in [-0.05, 0) is 98.5 Å². The van der Waals surface area contributed by atoms with E-state index in [0.29, 0.717) is 47.1 Å². The molecule has 14 nitrogen and oxygen atoms in total. The third-order valence-corrected chi connectivity index (χ3v) is 7.67. The molecule has 0 aliphatic rings. The Morgan fingerprint density at radius 1 is 0.481 bits per heavy atom. The normalized spacial score (nSPS) is 10.4. The van der Waals surface area contributed by atoms with Crippen molar-refractivity contribution in [1.29, 1.82) is 10.5 Å². The molecule has 2 aromatic heterocycles. The molecular weight excluding hydrogens is 656 g/mol. The Bertz CT molecular complexity index is 2080. The number of rotatable bonds is 13. The van der Waals surface area contributed by atoms with Crippen molar-refractivity contribution in [3.05, 3.63) is 118 Å². The molecule has 0 aliphatic carbocycles. The summed E-state index contributed by atoms with van der Waals surface area (Å²) in [5.41, 5.74) is 6.20. The number of hydrogen-bond donors (Lipinski definition) is 4. The summed E-state index contributed by atoms with van der Waals surface area (Å²) in [7, 11) is 0. The van der Waals surface area contributed by atoms with Gasteiger partial charge in [-0.2, -0.15) is 40.4 Å². The average molecular weight is 691 g/mol. The smallest absolute Gasteiger partial charge is 0.328 e. The molecule has 52 heavy (non-hydrogen) atoms. The summed E-state index contributed by atoms with van der Waals surface area (Å²) >= 11 is 0. The molecule has 0 unspecified atom stereocenters. The first kappa shape index (κ1) is 34.5. The standard InChI is InChI=1S/C38H34N12O2/c1-23-7-5-8-24(2)31(23)51-37-47-33(45-35(49-37)43-29-15-11-27(21-39)12-16-29)41-19-20-42-34-46-36(44-30-17-13-28(22-40)14-18-30)50-38(48-34)52-32-25(3)9-6-10-26(32)4/h5-18H,19-20H2,1-4H3,(H2,41,43,45,47,49)(H2,42,44,46,48,50). The van der Waals surface area contributed by atoms with Crippen molar-refractivity contribution >= 4 is 35.2 Å². The van der Waals surface area contributed by atoms with Crippen molar-refractivity contribution in [1.82, 2.24) is 29.9 Å². The number of ether oxygens (including phenoxy) is 2. The van der Waals surface area contributed by atoms with Gasteiger partial charge in [0.15, 0.2) is 0 Å². The maximum absolute atomic E-state index is 9.17. The zero-order valence-electron chi connectivity index (χ0n) is 28.9. The third kappa shape index (κ3) is 8.82. The molecule has 6 rings (SSSR count). The van der Waals surface area contributed by atoms with Crippen LogP contribution >= 0.6 is 0 Å². The Kier molecular flexibility index (Phi) is 10.6. The molecule has 0 bridgehead atoms. The van der Waals surface area contributed by atoms with Crippen molar-refractivity contribution in [2.45, 2.75) is 27.7 Å². The van der Waals surface area contributed by atoms with Crippen LogP contribution in [0.4, 0.5) is 35.2 Å². The maximum atomic E-state index is 9.17. The van der Waals surface area contributed by atoms with E-state index in [1.807, 2.05) is 64.1 Å². The zero-order chi connectivity index (χ0) is 36.5. The summed E-state index contributed by atoms with van der Waals surface area (Å²) in [6.45, 7) is 8.54. The predicted octanol–water partition coefficient (Wildman–Crippen LogP) is 7.63. The van der Waals surface area contributed by atoms with Gasteiger partial charge in [-0.3, -0.25) is 0 Å². The Morgan fingerprint density at radius 2 is 0.827 bits per heavy atom. The number of aromatic nitrogens is 6. The van der Waals surface area contributed by atoms with E-state index in [9.17, 15) is 10.5 Å². The van der Waals surface area contributed by atoms with E-state index in [1.54, 1.807) is 48.5 Å². The molecule has 0 radical (unpaired) electrons. The van der Waals surface area contributed by atoms with E-state index in [2.05, 4.69) is 63.3 Å². The van der Waals surface area contributed by atoms with Crippen LogP contribution in [0.3, 0.4) is 0 Å². The summed E-state index contributed by atoms with van der Waals surface area (Å²) in [5.74, 6) is 2.36. The topological polar surface area (TPSA) is 191 Å². The van der Waals surface area contributed by atoms with Crippen molar-refractivity contribution in [2.24, 2.45) is 0 Å². The molecule has 4 aromatic carbocycles. The van der Waals surface area contributed by atoms with Gasteiger partial charge < -0.3 is 30.7 Å². The second-order valence-electron chi connectivity index (χ2n) is 11.7. The molecule has 0 spiro atoms. The number of para-hydroxylation sites is 2. The fraction of sp³-hybridized carbons (Fsp3) is 0.158. The van der Waals surface area contributed by atoms with Crippen LogP contribution in [0.5, 0.6) is 23.5 Å². The van der Waals surface area contributed by atoms with Gasteiger partial charge in [-0.1, -0.05) is 36.4 Å². The summed E-state index contributed by atoms with van der Waals surface area (Å²) in [5, 5.41) is 31.1. The predicted molar refractivity (Wildman–Crippen MR) is 197 cm³/mol. The molecule has 4 N–H and O–H groups in total. The van der Waals surface area contributed by atoms with Crippen LogP contribution in [0.15, 0.2) is 84.9 Å². The first-order chi connectivity index (χ1) is 25.3. The fourth-order valence-corrected chi connectivity index (χ4v) is 5.04. The Labute approximate surface area is 300 Å². The average Bonchev–Trinajstić information content (AvgIpc) is 3.14. The number of hydrogen-bond acceptors (Lipinski definition) is 14.